The van der Waals surface area contributed by atoms with E-state index in [-0.39, 0.29) is 6.54 Å². The fourth-order valence-corrected chi connectivity index (χ4v) is 2.65. The molecule has 0 spiro atoms. The summed E-state index contributed by atoms with van der Waals surface area (Å²) in [5.41, 5.74) is 0.272. The monoisotopic (exact) mass is 364 g/mol. The zero-order chi connectivity index (χ0) is 15.7. The van der Waals surface area contributed by atoms with E-state index < -0.39 is 17.7 Å². The fourth-order valence-electron chi connectivity index (χ4n) is 2.30. The Hall–Kier alpha value is -2.08. The Bertz CT molecular complexity index is 878. The van der Waals surface area contributed by atoms with Crippen LogP contribution in [0.2, 0.25) is 0 Å². The van der Waals surface area contributed by atoms with Gasteiger partial charge in [-0.05, 0) is 23.8 Å². The maximum absolute atomic E-state index is 13.1. The molecule has 0 fully saturated rings. The molecule has 3 rings (SSSR count). The van der Waals surface area contributed by atoms with Crippen molar-refractivity contribution in [2.24, 2.45) is 0 Å². The molecule has 0 N–H and O–H groups in total. The molecule has 3 aromatic rings. The predicted octanol–water partition coefficient (Wildman–Crippen LogP) is 4.14. The zero-order valence-electron chi connectivity index (χ0n) is 11.3. The van der Waals surface area contributed by atoms with Crippen LogP contribution in [0.1, 0.15) is 17.7 Å². The van der Waals surface area contributed by atoms with Gasteiger partial charge < -0.3 is 4.57 Å². The lowest BCUT2D eigenvalue weighted by Crippen LogP contribution is -2.26. The SMILES string of the molecule is O=c1c(C(F)F)nc2ccc(Br)cc2n1Cc1ccccc1. The van der Waals surface area contributed by atoms with Crippen molar-refractivity contribution in [3.05, 3.63) is 74.6 Å². The van der Waals surface area contributed by atoms with E-state index >= 15 is 0 Å². The average molecular weight is 365 g/mol. The van der Waals surface area contributed by atoms with Gasteiger partial charge in [-0.2, -0.15) is 0 Å². The van der Waals surface area contributed by atoms with Gasteiger partial charge in [-0.1, -0.05) is 46.3 Å². The smallest absolute Gasteiger partial charge is 0.285 e. The van der Waals surface area contributed by atoms with Gasteiger partial charge in [0.25, 0.3) is 12.0 Å². The molecule has 0 radical (unpaired) electrons. The molecule has 0 amide bonds. The molecule has 6 heteroatoms. The highest BCUT2D eigenvalue weighted by Crippen LogP contribution is 2.21. The van der Waals surface area contributed by atoms with Crippen LogP contribution in [-0.2, 0) is 6.54 Å². The van der Waals surface area contributed by atoms with Gasteiger partial charge in [0.15, 0.2) is 5.69 Å². The first-order chi connectivity index (χ1) is 10.6. The first-order valence-electron chi connectivity index (χ1n) is 6.58. The van der Waals surface area contributed by atoms with Crippen LogP contribution in [0, 0.1) is 0 Å². The van der Waals surface area contributed by atoms with Crippen molar-refractivity contribution in [1.29, 1.82) is 0 Å². The molecule has 0 bridgehead atoms. The van der Waals surface area contributed by atoms with Crippen molar-refractivity contribution in [3.8, 4) is 0 Å². The van der Waals surface area contributed by atoms with Gasteiger partial charge in [0, 0.05) is 4.47 Å². The van der Waals surface area contributed by atoms with Crippen LogP contribution in [0.3, 0.4) is 0 Å². The number of hydrogen-bond acceptors (Lipinski definition) is 2. The van der Waals surface area contributed by atoms with Gasteiger partial charge in [-0.3, -0.25) is 4.79 Å². The summed E-state index contributed by atoms with van der Waals surface area (Å²) in [6.45, 7) is 0.217. The van der Waals surface area contributed by atoms with Crippen LogP contribution in [0.5, 0.6) is 0 Å². The third-order valence-corrected chi connectivity index (χ3v) is 3.82. The Morgan fingerprint density at radius 1 is 1.14 bits per heavy atom. The quantitative estimate of drug-likeness (QED) is 0.699. The van der Waals surface area contributed by atoms with Crippen molar-refractivity contribution >= 4 is 27.0 Å². The predicted molar refractivity (Wildman–Crippen MR) is 84.2 cm³/mol. The van der Waals surface area contributed by atoms with E-state index in [0.29, 0.717) is 11.0 Å². The van der Waals surface area contributed by atoms with E-state index in [1.54, 1.807) is 18.2 Å². The maximum Gasteiger partial charge on any atom is 0.285 e. The van der Waals surface area contributed by atoms with E-state index in [0.717, 1.165) is 10.0 Å². The first kappa shape index (κ1) is 14.8. The molecule has 112 valence electrons. The average Bonchev–Trinajstić information content (AvgIpc) is 2.51. The third-order valence-electron chi connectivity index (χ3n) is 3.32. The van der Waals surface area contributed by atoms with Crippen molar-refractivity contribution < 1.29 is 8.78 Å². The summed E-state index contributed by atoms with van der Waals surface area (Å²) in [5.74, 6) is 0. The van der Waals surface area contributed by atoms with Crippen molar-refractivity contribution in [2.45, 2.75) is 13.0 Å². The number of halogens is 3. The van der Waals surface area contributed by atoms with Crippen LogP contribution in [0.25, 0.3) is 11.0 Å². The summed E-state index contributed by atoms with van der Waals surface area (Å²) in [5, 5.41) is 0. The van der Waals surface area contributed by atoms with Crippen LogP contribution in [-0.4, -0.2) is 9.55 Å². The molecule has 2 aromatic carbocycles. The van der Waals surface area contributed by atoms with Gasteiger partial charge in [-0.25, -0.2) is 13.8 Å². The second kappa shape index (κ2) is 5.96. The largest absolute Gasteiger partial charge is 0.301 e. The zero-order valence-corrected chi connectivity index (χ0v) is 12.9. The molecular weight excluding hydrogens is 354 g/mol. The van der Waals surface area contributed by atoms with Gasteiger partial charge >= 0.3 is 0 Å². The van der Waals surface area contributed by atoms with Crippen LogP contribution >= 0.6 is 15.9 Å². The summed E-state index contributed by atoms with van der Waals surface area (Å²) >= 11 is 3.33. The van der Waals surface area contributed by atoms with Crippen molar-refractivity contribution in [1.82, 2.24) is 9.55 Å². The second-order valence-electron chi connectivity index (χ2n) is 4.81. The number of hydrogen-bond donors (Lipinski definition) is 0. The minimum atomic E-state index is -2.90. The van der Waals surface area contributed by atoms with E-state index in [1.165, 1.54) is 4.57 Å². The second-order valence-corrected chi connectivity index (χ2v) is 5.72. The molecule has 22 heavy (non-hydrogen) atoms. The fraction of sp³-hybridized carbons (Fsp3) is 0.125. The minimum Gasteiger partial charge on any atom is -0.301 e. The molecule has 0 unspecified atom stereocenters. The van der Waals surface area contributed by atoms with E-state index in [1.807, 2.05) is 30.3 Å². The van der Waals surface area contributed by atoms with Crippen molar-refractivity contribution in [2.75, 3.05) is 0 Å². The van der Waals surface area contributed by atoms with Crippen molar-refractivity contribution in [3.63, 3.8) is 0 Å². The lowest BCUT2D eigenvalue weighted by atomic mass is 10.2. The molecule has 0 aliphatic heterocycles. The van der Waals surface area contributed by atoms with Gasteiger partial charge in [0.05, 0.1) is 17.6 Å². The Morgan fingerprint density at radius 3 is 2.55 bits per heavy atom. The summed E-state index contributed by atoms with van der Waals surface area (Å²) in [6, 6.07) is 14.3. The summed E-state index contributed by atoms with van der Waals surface area (Å²) in [7, 11) is 0. The highest BCUT2D eigenvalue weighted by Gasteiger charge is 2.19. The molecule has 3 nitrogen and oxygen atoms in total. The molecule has 1 heterocycles. The van der Waals surface area contributed by atoms with Crippen LogP contribution in [0.15, 0.2) is 57.8 Å². The number of benzene rings is 2. The molecule has 0 saturated heterocycles. The number of aromatic nitrogens is 2. The summed E-state index contributed by atoms with van der Waals surface area (Å²) in [6.07, 6.45) is -2.90. The molecule has 0 aliphatic rings. The minimum absolute atomic E-state index is 0.217. The van der Waals surface area contributed by atoms with Crippen LogP contribution < -0.4 is 5.56 Å². The molecular formula is C16H11BrF2N2O. The lowest BCUT2D eigenvalue weighted by molar-refractivity contribution is 0.144. The van der Waals surface area contributed by atoms with Gasteiger partial charge in [0.2, 0.25) is 0 Å². The highest BCUT2D eigenvalue weighted by molar-refractivity contribution is 9.10. The number of fused-ring (bicyclic) bond motifs is 1. The molecule has 0 aliphatic carbocycles. The summed E-state index contributed by atoms with van der Waals surface area (Å²) < 4.78 is 28.2. The Kier molecular flexibility index (Phi) is 4.02. The Labute approximate surface area is 133 Å². The first-order valence-corrected chi connectivity index (χ1v) is 7.37. The standard InChI is InChI=1S/C16H11BrF2N2O/c17-11-6-7-12-13(8-11)21(9-10-4-2-1-3-5-10)16(22)14(20-12)15(18)19/h1-8,15H,9H2. The highest BCUT2D eigenvalue weighted by atomic mass is 79.9. The molecule has 1 aromatic heterocycles. The number of rotatable bonds is 3. The Morgan fingerprint density at radius 2 is 1.86 bits per heavy atom. The third kappa shape index (κ3) is 2.78. The number of nitrogens with zero attached hydrogens (tertiary/aromatic N) is 2. The maximum atomic E-state index is 13.1. The van der Waals surface area contributed by atoms with Gasteiger partial charge in [-0.15, -0.1) is 0 Å². The van der Waals surface area contributed by atoms with E-state index in [9.17, 15) is 13.6 Å². The van der Waals surface area contributed by atoms with E-state index in [2.05, 4.69) is 20.9 Å². The van der Waals surface area contributed by atoms with E-state index in [4.69, 9.17) is 0 Å². The molecule has 0 atom stereocenters. The van der Waals surface area contributed by atoms with Gasteiger partial charge in [0.1, 0.15) is 0 Å². The summed E-state index contributed by atoms with van der Waals surface area (Å²) in [4.78, 5) is 16.2. The normalized spacial score (nSPS) is 11.3. The topological polar surface area (TPSA) is 34.9 Å². The lowest BCUT2D eigenvalue weighted by Gasteiger charge is -2.12. The number of alkyl halides is 2. The Balaban J connectivity index is 2.27. The molecule has 0 saturated carbocycles. The van der Waals surface area contributed by atoms with Crippen LogP contribution in [0.4, 0.5) is 8.78 Å².